The zero-order chi connectivity index (χ0) is 34.7. The molecule has 0 aliphatic rings. The topological polar surface area (TPSA) is 96.0 Å². The van der Waals surface area contributed by atoms with Crippen molar-refractivity contribution in [1.82, 2.24) is 10.2 Å². The van der Waals surface area contributed by atoms with Crippen LogP contribution >= 0.6 is 11.8 Å². The summed E-state index contributed by atoms with van der Waals surface area (Å²) in [5.41, 5.74) is 2.93. The van der Waals surface area contributed by atoms with Crippen LogP contribution in [-0.2, 0) is 32.6 Å². The summed E-state index contributed by atoms with van der Waals surface area (Å²) in [6, 6.07) is 29.7. The van der Waals surface area contributed by atoms with Crippen LogP contribution < -0.4 is 14.4 Å². The number of nitrogens with zero attached hydrogens (tertiary/aromatic N) is 2. The third-order valence-corrected chi connectivity index (χ3v) is 10.4. The van der Waals surface area contributed by atoms with Crippen LogP contribution in [0.5, 0.6) is 5.75 Å². The molecular weight excluding hydrogens is 643 g/mol. The van der Waals surface area contributed by atoms with Gasteiger partial charge in [-0.2, -0.15) is 0 Å². The van der Waals surface area contributed by atoms with Crippen molar-refractivity contribution in [2.75, 3.05) is 30.3 Å². The summed E-state index contributed by atoms with van der Waals surface area (Å²) < 4.78 is 35.9. The Balaban J connectivity index is 1.84. The van der Waals surface area contributed by atoms with Gasteiger partial charge < -0.3 is 15.0 Å². The van der Waals surface area contributed by atoms with Gasteiger partial charge in [-0.1, -0.05) is 80.6 Å². The Kier molecular flexibility index (Phi) is 13.1. The standard InChI is InChI=1S/C38H45N3O5S2/c1-6-46-36-19-13-12-18-34(36)41(48(44,45)33-22-20-32(47-5)21-23-33)27-37(42)40(26-31-17-11-10-14-29(31)4)35(38(43)39-25-28(2)3)24-30-15-8-7-9-16-30/h7-23,28,35H,6,24-27H2,1-5H3,(H,39,43)/t35-/m1/s1. The predicted octanol–water partition coefficient (Wildman–Crippen LogP) is 6.72. The van der Waals surface area contributed by atoms with Gasteiger partial charge in [0.15, 0.2) is 0 Å². The van der Waals surface area contributed by atoms with Crippen molar-refractivity contribution in [2.45, 2.75) is 56.5 Å². The molecule has 0 aliphatic heterocycles. The minimum Gasteiger partial charge on any atom is -0.492 e. The van der Waals surface area contributed by atoms with Crippen LogP contribution in [0.3, 0.4) is 0 Å². The Bertz CT molecular complexity index is 1760. The number of amides is 2. The number of thioether (sulfide) groups is 1. The first-order valence-corrected chi connectivity index (χ1v) is 18.8. The third-order valence-electron chi connectivity index (χ3n) is 7.92. The molecule has 4 aromatic carbocycles. The number of benzene rings is 4. The lowest BCUT2D eigenvalue weighted by atomic mass is 10.0. The van der Waals surface area contributed by atoms with E-state index in [0.717, 1.165) is 25.9 Å². The van der Waals surface area contributed by atoms with E-state index in [4.69, 9.17) is 4.74 Å². The summed E-state index contributed by atoms with van der Waals surface area (Å²) in [4.78, 5) is 31.2. The molecule has 0 aromatic heterocycles. The lowest BCUT2D eigenvalue weighted by Crippen LogP contribution is -2.53. The summed E-state index contributed by atoms with van der Waals surface area (Å²) >= 11 is 1.50. The van der Waals surface area contributed by atoms with Crippen molar-refractivity contribution in [2.24, 2.45) is 5.92 Å². The molecule has 1 N–H and O–H groups in total. The highest BCUT2D eigenvalue weighted by atomic mass is 32.2. The minimum atomic E-state index is -4.26. The van der Waals surface area contributed by atoms with Crippen molar-refractivity contribution < 1.29 is 22.7 Å². The van der Waals surface area contributed by atoms with Crippen molar-refractivity contribution in [1.29, 1.82) is 0 Å². The fourth-order valence-electron chi connectivity index (χ4n) is 5.28. The van der Waals surface area contributed by atoms with Crippen LogP contribution in [0.1, 0.15) is 37.5 Å². The Labute approximate surface area is 289 Å². The van der Waals surface area contributed by atoms with Crippen LogP contribution in [0.15, 0.2) is 113 Å². The van der Waals surface area contributed by atoms with Gasteiger partial charge in [-0.25, -0.2) is 8.42 Å². The van der Waals surface area contributed by atoms with Gasteiger partial charge in [0.1, 0.15) is 18.3 Å². The molecule has 0 saturated heterocycles. The van der Waals surface area contributed by atoms with E-state index in [9.17, 15) is 18.0 Å². The number of ether oxygens (including phenoxy) is 1. The van der Waals surface area contributed by atoms with Crippen molar-refractivity contribution in [3.05, 3.63) is 120 Å². The highest BCUT2D eigenvalue weighted by molar-refractivity contribution is 7.98. The van der Waals surface area contributed by atoms with Gasteiger partial charge in [0, 0.05) is 24.4 Å². The maximum Gasteiger partial charge on any atom is 0.264 e. The molecule has 0 fully saturated rings. The second-order valence-electron chi connectivity index (χ2n) is 11.9. The average Bonchev–Trinajstić information content (AvgIpc) is 3.09. The first kappa shape index (κ1) is 36.6. The van der Waals surface area contributed by atoms with Crippen LogP contribution in [0.2, 0.25) is 0 Å². The van der Waals surface area contributed by atoms with E-state index < -0.39 is 28.5 Å². The summed E-state index contributed by atoms with van der Waals surface area (Å²) in [5, 5.41) is 3.03. The Morgan fingerprint density at radius 2 is 1.52 bits per heavy atom. The molecule has 0 saturated carbocycles. The van der Waals surface area contributed by atoms with E-state index in [0.29, 0.717) is 18.9 Å². The van der Waals surface area contributed by atoms with Gasteiger partial charge >= 0.3 is 0 Å². The number of para-hydroxylation sites is 2. The monoisotopic (exact) mass is 687 g/mol. The molecule has 1 atom stereocenters. The Morgan fingerprint density at radius 1 is 0.875 bits per heavy atom. The molecule has 0 bridgehead atoms. The molecule has 254 valence electrons. The number of anilines is 1. The van der Waals surface area contributed by atoms with Gasteiger partial charge in [0.25, 0.3) is 10.0 Å². The zero-order valence-electron chi connectivity index (χ0n) is 28.3. The number of nitrogens with one attached hydrogen (secondary N) is 1. The lowest BCUT2D eigenvalue weighted by molar-refractivity contribution is -0.140. The minimum absolute atomic E-state index is 0.0420. The number of hydrogen-bond donors (Lipinski definition) is 1. The number of rotatable bonds is 16. The summed E-state index contributed by atoms with van der Waals surface area (Å²) in [6.45, 7) is 8.08. The fraction of sp³-hybridized carbons (Fsp3) is 0.316. The first-order valence-electron chi connectivity index (χ1n) is 16.1. The summed E-state index contributed by atoms with van der Waals surface area (Å²) in [5.74, 6) is -0.293. The summed E-state index contributed by atoms with van der Waals surface area (Å²) in [7, 11) is -4.26. The maximum absolute atomic E-state index is 14.8. The lowest BCUT2D eigenvalue weighted by Gasteiger charge is -2.34. The van der Waals surface area contributed by atoms with Gasteiger partial charge in [-0.15, -0.1) is 11.8 Å². The fourth-order valence-corrected chi connectivity index (χ4v) is 7.11. The van der Waals surface area contributed by atoms with Crippen molar-refractivity contribution in [3.8, 4) is 5.75 Å². The van der Waals surface area contributed by atoms with Crippen LogP contribution in [0.25, 0.3) is 0 Å². The van der Waals surface area contributed by atoms with Gasteiger partial charge in [-0.05, 0) is 79.1 Å². The van der Waals surface area contributed by atoms with E-state index in [-0.39, 0.29) is 35.4 Å². The van der Waals surface area contributed by atoms with E-state index in [1.165, 1.54) is 16.7 Å². The van der Waals surface area contributed by atoms with Gasteiger partial charge in [-0.3, -0.25) is 13.9 Å². The van der Waals surface area contributed by atoms with E-state index >= 15 is 0 Å². The average molecular weight is 688 g/mol. The molecule has 48 heavy (non-hydrogen) atoms. The molecule has 0 aliphatic carbocycles. The second-order valence-corrected chi connectivity index (χ2v) is 14.6. The molecule has 4 aromatic rings. The largest absolute Gasteiger partial charge is 0.492 e. The van der Waals surface area contributed by atoms with E-state index in [1.54, 1.807) is 48.5 Å². The van der Waals surface area contributed by atoms with Crippen LogP contribution in [-0.4, -0.2) is 57.1 Å². The predicted molar refractivity (Wildman–Crippen MR) is 194 cm³/mol. The van der Waals surface area contributed by atoms with Gasteiger partial charge in [0.05, 0.1) is 17.2 Å². The quantitative estimate of drug-likeness (QED) is 0.131. The number of carbonyl (C=O) groups excluding carboxylic acids is 2. The smallest absolute Gasteiger partial charge is 0.264 e. The molecule has 0 unspecified atom stereocenters. The maximum atomic E-state index is 14.8. The van der Waals surface area contributed by atoms with Crippen molar-refractivity contribution >= 4 is 39.3 Å². The molecule has 4 rings (SSSR count). The van der Waals surface area contributed by atoms with Crippen molar-refractivity contribution in [3.63, 3.8) is 0 Å². The van der Waals surface area contributed by atoms with E-state index in [2.05, 4.69) is 5.32 Å². The highest BCUT2D eigenvalue weighted by Gasteiger charge is 2.35. The third kappa shape index (κ3) is 9.41. The zero-order valence-corrected chi connectivity index (χ0v) is 29.9. The van der Waals surface area contributed by atoms with Gasteiger partial charge in [0.2, 0.25) is 11.8 Å². The normalized spacial score (nSPS) is 12.0. The number of sulfonamides is 1. The number of hydrogen-bond acceptors (Lipinski definition) is 6. The molecule has 10 heteroatoms. The second kappa shape index (κ2) is 17.2. The van der Waals surface area contributed by atoms with Crippen LogP contribution in [0, 0.1) is 12.8 Å². The van der Waals surface area contributed by atoms with E-state index in [1.807, 2.05) is 88.5 Å². The first-order chi connectivity index (χ1) is 23.0. The molecular formula is C38H45N3O5S2. The highest BCUT2D eigenvalue weighted by Crippen LogP contribution is 2.33. The summed E-state index contributed by atoms with van der Waals surface area (Å²) in [6.07, 6.45) is 2.17. The van der Waals surface area contributed by atoms with Crippen LogP contribution in [0.4, 0.5) is 5.69 Å². The molecule has 0 heterocycles. The Hall–Kier alpha value is -4.28. The number of carbonyl (C=O) groups is 2. The molecule has 0 spiro atoms. The molecule has 2 amide bonds. The molecule has 8 nitrogen and oxygen atoms in total. The SMILES string of the molecule is CCOc1ccccc1N(CC(=O)N(Cc1ccccc1C)[C@H](Cc1ccccc1)C(=O)NCC(C)C)S(=O)(=O)c1ccc(SC)cc1. The molecule has 0 radical (unpaired) electrons. The Morgan fingerprint density at radius 3 is 2.17 bits per heavy atom. The number of aryl methyl sites for hydroxylation is 1.